The second kappa shape index (κ2) is 5.86. The van der Waals surface area contributed by atoms with Gasteiger partial charge in [-0.1, -0.05) is 18.2 Å². The van der Waals surface area contributed by atoms with Gasteiger partial charge in [-0.05, 0) is 67.1 Å². The molecule has 2 N–H and O–H groups in total. The maximum atomic E-state index is 13.0. The molecule has 2 unspecified atom stereocenters. The molecule has 1 aliphatic rings. The lowest BCUT2D eigenvalue weighted by atomic mass is 9.87. The fourth-order valence-corrected chi connectivity index (χ4v) is 3.11. The Morgan fingerprint density at radius 1 is 1.19 bits per heavy atom. The highest BCUT2D eigenvalue weighted by Gasteiger charge is 2.22. The standard InChI is InChI=1S/C18H20FNO/c1-12(13-5-8-15(19)9-6-13)20-18-4-2-3-14-7-10-16(21)11-17(14)18/h5-12,18,20-21H,2-4H2,1H3. The maximum absolute atomic E-state index is 13.0. The van der Waals surface area contributed by atoms with Crippen molar-refractivity contribution in [2.45, 2.75) is 38.3 Å². The Morgan fingerprint density at radius 3 is 2.71 bits per heavy atom. The van der Waals surface area contributed by atoms with E-state index in [2.05, 4.69) is 12.2 Å². The van der Waals surface area contributed by atoms with Gasteiger partial charge in [0.2, 0.25) is 0 Å². The van der Waals surface area contributed by atoms with Gasteiger partial charge in [-0.15, -0.1) is 0 Å². The van der Waals surface area contributed by atoms with E-state index in [4.69, 9.17) is 0 Å². The number of aromatic hydroxyl groups is 1. The number of aryl methyl sites for hydroxylation is 1. The van der Waals surface area contributed by atoms with Gasteiger partial charge < -0.3 is 10.4 Å². The molecule has 3 rings (SSSR count). The normalized spacial score (nSPS) is 19.0. The molecule has 0 saturated carbocycles. The molecule has 0 aromatic heterocycles. The Labute approximate surface area is 124 Å². The zero-order chi connectivity index (χ0) is 14.8. The van der Waals surface area contributed by atoms with E-state index in [-0.39, 0.29) is 17.9 Å². The summed E-state index contributed by atoms with van der Waals surface area (Å²) >= 11 is 0. The average molecular weight is 285 g/mol. The van der Waals surface area contributed by atoms with Crippen LogP contribution in [0.1, 0.15) is 48.5 Å². The summed E-state index contributed by atoms with van der Waals surface area (Å²) in [6.07, 6.45) is 3.27. The van der Waals surface area contributed by atoms with E-state index in [1.165, 1.54) is 23.3 Å². The Morgan fingerprint density at radius 2 is 1.95 bits per heavy atom. The van der Waals surface area contributed by atoms with Crippen molar-refractivity contribution in [3.63, 3.8) is 0 Å². The van der Waals surface area contributed by atoms with Gasteiger partial charge in [0.15, 0.2) is 0 Å². The highest BCUT2D eigenvalue weighted by molar-refractivity contribution is 5.38. The van der Waals surface area contributed by atoms with Gasteiger partial charge in [0.25, 0.3) is 0 Å². The summed E-state index contributed by atoms with van der Waals surface area (Å²) < 4.78 is 13.0. The number of hydrogen-bond donors (Lipinski definition) is 2. The molecule has 0 radical (unpaired) electrons. The van der Waals surface area contributed by atoms with Gasteiger partial charge in [0, 0.05) is 12.1 Å². The van der Waals surface area contributed by atoms with Crippen molar-refractivity contribution >= 4 is 0 Å². The average Bonchev–Trinajstić information content (AvgIpc) is 2.48. The third kappa shape index (κ3) is 3.08. The number of fused-ring (bicyclic) bond motifs is 1. The molecule has 1 aliphatic carbocycles. The van der Waals surface area contributed by atoms with Crippen molar-refractivity contribution in [1.82, 2.24) is 5.32 Å². The topological polar surface area (TPSA) is 32.3 Å². The third-order valence-corrected chi connectivity index (χ3v) is 4.26. The van der Waals surface area contributed by atoms with Gasteiger partial charge in [0.1, 0.15) is 11.6 Å². The highest BCUT2D eigenvalue weighted by atomic mass is 19.1. The van der Waals surface area contributed by atoms with Crippen LogP contribution in [-0.2, 0) is 6.42 Å². The van der Waals surface area contributed by atoms with Crippen LogP contribution in [0.2, 0.25) is 0 Å². The molecule has 0 saturated heterocycles. The third-order valence-electron chi connectivity index (χ3n) is 4.26. The number of rotatable bonds is 3. The summed E-state index contributed by atoms with van der Waals surface area (Å²) in [4.78, 5) is 0. The zero-order valence-electron chi connectivity index (χ0n) is 12.1. The van der Waals surface area contributed by atoms with Crippen molar-refractivity contribution in [2.24, 2.45) is 0 Å². The molecular weight excluding hydrogens is 265 g/mol. The molecule has 0 aliphatic heterocycles. The molecule has 0 spiro atoms. The smallest absolute Gasteiger partial charge is 0.123 e. The van der Waals surface area contributed by atoms with Gasteiger partial charge in [-0.25, -0.2) is 4.39 Å². The Hall–Kier alpha value is -1.87. The van der Waals surface area contributed by atoms with Crippen molar-refractivity contribution < 1.29 is 9.50 Å². The molecule has 0 fully saturated rings. The number of phenolic OH excluding ortho intramolecular Hbond substituents is 1. The summed E-state index contributed by atoms with van der Waals surface area (Å²) in [6.45, 7) is 2.09. The largest absolute Gasteiger partial charge is 0.508 e. The van der Waals surface area contributed by atoms with E-state index in [1.54, 1.807) is 6.07 Å². The zero-order valence-corrected chi connectivity index (χ0v) is 12.1. The van der Waals surface area contributed by atoms with Crippen molar-refractivity contribution in [3.8, 4) is 5.75 Å². The molecule has 3 heteroatoms. The number of hydrogen-bond acceptors (Lipinski definition) is 2. The van der Waals surface area contributed by atoms with E-state index in [1.807, 2.05) is 24.3 Å². The summed E-state index contributed by atoms with van der Waals surface area (Å²) in [5.74, 6) is 0.107. The van der Waals surface area contributed by atoms with Crippen LogP contribution in [0, 0.1) is 5.82 Å². The Bertz CT molecular complexity index is 624. The number of nitrogens with one attached hydrogen (secondary N) is 1. The molecule has 0 heterocycles. The predicted octanol–water partition coefficient (Wildman–Crippen LogP) is 4.26. The number of benzene rings is 2. The molecular formula is C18H20FNO. The summed E-state index contributed by atoms with van der Waals surface area (Å²) in [6, 6.07) is 12.6. The lowest BCUT2D eigenvalue weighted by Crippen LogP contribution is -2.27. The van der Waals surface area contributed by atoms with E-state index in [0.29, 0.717) is 5.75 Å². The minimum absolute atomic E-state index is 0.142. The van der Waals surface area contributed by atoms with Crippen LogP contribution in [0.25, 0.3) is 0 Å². The van der Waals surface area contributed by atoms with E-state index in [0.717, 1.165) is 24.8 Å². The molecule has 2 aromatic rings. The Balaban J connectivity index is 1.80. The van der Waals surface area contributed by atoms with Crippen LogP contribution >= 0.6 is 0 Å². The first-order chi connectivity index (χ1) is 10.1. The lowest BCUT2D eigenvalue weighted by Gasteiger charge is -2.29. The molecule has 21 heavy (non-hydrogen) atoms. The summed E-state index contributed by atoms with van der Waals surface area (Å²) in [5.41, 5.74) is 3.57. The minimum atomic E-state index is -0.209. The van der Waals surface area contributed by atoms with E-state index < -0.39 is 0 Å². The van der Waals surface area contributed by atoms with Crippen LogP contribution in [0.15, 0.2) is 42.5 Å². The lowest BCUT2D eigenvalue weighted by molar-refractivity contribution is 0.410. The summed E-state index contributed by atoms with van der Waals surface area (Å²) in [7, 11) is 0. The maximum Gasteiger partial charge on any atom is 0.123 e. The van der Waals surface area contributed by atoms with Crippen LogP contribution in [0.5, 0.6) is 5.75 Å². The molecule has 0 bridgehead atoms. The fourth-order valence-electron chi connectivity index (χ4n) is 3.11. The summed E-state index contributed by atoms with van der Waals surface area (Å²) in [5, 5.41) is 13.3. The highest BCUT2D eigenvalue weighted by Crippen LogP contribution is 2.33. The van der Waals surface area contributed by atoms with Gasteiger partial charge in [-0.2, -0.15) is 0 Å². The Kier molecular flexibility index (Phi) is 3.93. The number of phenols is 1. The van der Waals surface area contributed by atoms with Crippen LogP contribution in [0.4, 0.5) is 4.39 Å². The monoisotopic (exact) mass is 285 g/mol. The fraction of sp³-hybridized carbons (Fsp3) is 0.333. The first-order valence-corrected chi connectivity index (χ1v) is 7.47. The van der Waals surface area contributed by atoms with Crippen LogP contribution in [-0.4, -0.2) is 5.11 Å². The first kappa shape index (κ1) is 14.1. The first-order valence-electron chi connectivity index (χ1n) is 7.47. The molecule has 2 nitrogen and oxygen atoms in total. The second-order valence-electron chi connectivity index (χ2n) is 5.77. The molecule has 0 amide bonds. The van der Waals surface area contributed by atoms with Gasteiger partial charge in [-0.3, -0.25) is 0 Å². The molecule has 2 atom stereocenters. The van der Waals surface area contributed by atoms with Gasteiger partial charge >= 0.3 is 0 Å². The van der Waals surface area contributed by atoms with Crippen LogP contribution in [0.3, 0.4) is 0 Å². The van der Waals surface area contributed by atoms with Crippen LogP contribution < -0.4 is 5.32 Å². The van der Waals surface area contributed by atoms with Crippen molar-refractivity contribution in [1.29, 1.82) is 0 Å². The quantitative estimate of drug-likeness (QED) is 0.883. The van der Waals surface area contributed by atoms with E-state index >= 15 is 0 Å². The minimum Gasteiger partial charge on any atom is -0.508 e. The SMILES string of the molecule is CC(NC1CCCc2ccc(O)cc21)c1ccc(F)cc1. The van der Waals surface area contributed by atoms with Gasteiger partial charge in [0.05, 0.1) is 0 Å². The van der Waals surface area contributed by atoms with Crippen molar-refractivity contribution in [2.75, 3.05) is 0 Å². The predicted molar refractivity (Wildman–Crippen MR) is 81.7 cm³/mol. The molecule has 2 aromatic carbocycles. The van der Waals surface area contributed by atoms with Crippen molar-refractivity contribution in [3.05, 3.63) is 65.0 Å². The van der Waals surface area contributed by atoms with E-state index in [9.17, 15) is 9.50 Å². The number of halogens is 1. The second-order valence-corrected chi connectivity index (χ2v) is 5.77. The molecule has 110 valence electrons.